The summed E-state index contributed by atoms with van der Waals surface area (Å²) in [4.78, 5) is 24.9. The normalized spacial score (nSPS) is 10.8. The molecule has 0 fully saturated rings. The number of carbonyl (C=O) groups is 2. The SMILES string of the molecule is Cc1ccc(C)c(-n2c(COc3ccc(Cl)cc3Cl)nnc2SCC(=O)NNC(=O)c2cccs2)c1. The lowest BCUT2D eigenvalue weighted by Gasteiger charge is -2.14. The maximum atomic E-state index is 12.4. The number of carbonyl (C=O) groups excluding carboxylic acids is 2. The standard InChI is InChI=1S/C24H21Cl2N5O3S2/c1-14-5-6-15(2)18(10-14)31-21(12-34-19-8-7-16(25)11-17(19)26)27-30-24(31)36-13-22(32)28-29-23(33)20-4-3-9-35-20/h3-11H,12-13H2,1-2H3,(H,28,32)(H,29,33). The first-order valence-electron chi connectivity index (χ1n) is 10.7. The van der Waals surface area contributed by atoms with Crippen molar-refractivity contribution in [3.63, 3.8) is 0 Å². The van der Waals surface area contributed by atoms with Crippen molar-refractivity contribution in [2.24, 2.45) is 0 Å². The zero-order chi connectivity index (χ0) is 25.7. The van der Waals surface area contributed by atoms with E-state index >= 15 is 0 Å². The van der Waals surface area contributed by atoms with Crippen molar-refractivity contribution < 1.29 is 14.3 Å². The van der Waals surface area contributed by atoms with Gasteiger partial charge in [0.05, 0.1) is 21.3 Å². The molecule has 2 heterocycles. The molecule has 186 valence electrons. The van der Waals surface area contributed by atoms with Gasteiger partial charge in [0.25, 0.3) is 5.91 Å². The molecule has 0 spiro atoms. The van der Waals surface area contributed by atoms with Crippen LogP contribution < -0.4 is 15.6 Å². The Balaban J connectivity index is 1.50. The number of nitrogens with zero attached hydrogens (tertiary/aromatic N) is 3. The molecule has 4 aromatic rings. The van der Waals surface area contributed by atoms with Gasteiger partial charge in [-0.3, -0.25) is 25.0 Å². The van der Waals surface area contributed by atoms with E-state index < -0.39 is 0 Å². The Morgan fingerprint density at radius 3 is 2.67 bits per heavy atom. The number of hydrogen-bond donors (Lipinski definition) is 2. The van der Waals surface area contributed by atoms with Gasteiger partial charge in [0.15, 0.2) is 11.0 Å². The second-order valence-electron chi connectivity index (χ2n) is 7.66. The van der Waals surface area contributed by atoms with Gasteiger partial charge in [-0.25, -0.2) is 0 Å². The van der Waals surface area contributed by atoms with Gasteiger partial charge in [-0.1, -0.05) is 53.2 Å². The van der Waals surface area contributed by atoms with Gasteiger partial charge in [0, 0.05) is 5.02 Å². The topological polar surface area (TPSA) is 98.1 Å². The van der Waals surface area contributed by atoms with Crippen LogP contribution in [0.5, 0.6) is 5.75 Å². The molecular weight excluding hydrogens is 541 g/mol. The van der Waals surface area contributed by atoms with Gasteiger partial charge in [-0.05, 0) is 60.7 Å². The van der Waals surface area contributed by atoms with Crippen molar-refractivity contribution in [1.29, 1.82) is 0 Å². The van der Waals surface area contributed by atoms with Gasteiger partial charge in [-0.15, -0.1) is 21.5 Å². The molecule has 36 heavy (non-hydrogen) atoms. The van der Waals surface area contributed by atoms with E-state index in [-0.39, 0.29) is 24.2 Å². The van der Waals surface area contributed by atoms with Crippen LogP contribution in [-0.4, -0.2) is 32.3 Å². The first-order chi connectivity index (χ1) is 17.3. The molecule has 0 radical (unpaired) electrons. The minimum atomic E-state index is -0.383. The summed E-state index contributed by atoms with van der Waals surface area (Å²) >= 11 is 14.7. The summed E-state index contributed by atoms with van der Waals surface area (Å²) in [6.07, 6.45) is 0. The van der Waals surface area contributed by atoms with Crippen LogP contribution in [0.4, 0.5) is 0 Å². The van der Waals surface area contributed by atoms with Crippen LogP contribution in [0.3, 0.4) is 0 Å². The van der Waals surface area contributed by atoms with E-state index in [1.807, 2.05) is 36.6 Å². The first-order valence-corrected chi connectivity index (χ1v) is 13.3. The molecule has 0 saturated carbocycles. The minimum absolute atomic E-state index is 0.0115. The number of benzene rings is 2. The molecule has 2 aromatic carbocycles. The molecule has 0 aliphatic carbocycles. The van der Waals surface area contributed by atoms with E-state index in [2.05, 4.69) is 21.0 Å². The van der Waals surface area contributed by atoms with Crippen LogP contribution in [-0.2, 0) is 11.4 Å². The van der Waals surface area contributed by atoms with Crippen LogP contribution in [0.25, 0.3) is 5.69 Å². The number of amides is 2. The minimum Gasteiger partial charge on any atom is -0.484 e. The Morgan fingerprint density at radius 1 is 1.08 bits per heavy atom. The molecule has 12 heteroatoms. The third-order valence-electron chi connectivity index (χ3n) is 4.95. The van der Waals surface area contributed by atoms with Crippen molar-refractivity contribution in [2.75, 3.05) is 5.75 Å². The third kappa shape index (κ3) is 6.38. The van der Waals surface area contributed by atoms with Gasteiger partial charge in [0.1, 0.15) is 12.4 Å². The Hall–Kier alpha value is -3.05. The van der Waals surface area contributed by atoms with Gasteiger partial charge in [-0.2, -0.15) is 0 Å². The highest BCUT2D eigenvalue weighted by Gasteiger charge is 2.19. The number of halogens is 2. The second kappa shape index (κ2) is 11.8. The van der Waals surface area contributed by atoms with E-state index in [1.165, 1.54) is 23.1 Å². The number of thioether (sulfide) groups is 1. The van der Waals surface area contributed by atoms with E-state index in [0.29, 0.717) is 31.7 Å². The number of nitrogens with one attached hydrogen (secondary N) is 2. The highest BCUT2D eigenvalue weighted by Crippen LogP contribution is 2.30. The number of hydrogen-bond acceptors (Lipinski definition) is 7. The predicted molar refractivity (Wildman–Crippen MR) is 142 cm³/mol. The van der Waals surface area contributed by atoms with Crippen LogP contribution in [0.1, 0.15) is 26.6 Å². The number of ether oxygens (including phenoxy) is 1. The Labute approximate surface area is 225 Å². The summed E-state index contributed by atoms with van der Waals surface area (Å²) in [5.41, 5.74) is 7.76. The van der Waals surface area contributed by atoms with Crippen molar-refractivity contribution in [2.45, 2.75) is 25.6 Å². The highest BCUT2D eigenvalue weighted by atomic mass is 35.5. The van der Waals surface area contributed by atoms with Crippen molar-refractivity contribution >= 4 is 58.1 Å². The molecule has 0 aliphatic rings. The Morgan fingerprint density at radius 2 is 1.92 bits per heavy atom. The van der Waals surface area contributed by atoms with Crippen molar-refractivity contribution in [3.05, 3.63) is 85.8 Å². The summed E-state index contributed by atoms with van der Waals surface area (Å²) < 4.78 is 7.76. The van der Waals surface area contributed by atoms with Gasteiger partial charge in [0.2, 0.25) is 5.91 Å². The number of aromatic nitrogens is 3. The largest absolute Gasteiger partial charge is 0.484 e. The van der Waals surface area contributed by atoms with Gasteiger partial charge < -0.3 is 4.74 Å². The third-order valence-corrected chi connectivity index (χ3v) is 7.28. The molecule has 0 aliphatic heterocycles. The van der Waals surface area contributed by atoms with E-state index in [4.69, 9.17) is 27.9 Å². The highest BCUT2D eigenvalue weighted by molar-refractivity contribution is 7.99. The van der Waals surface area contributed by atoms with Crippen molar-refractivity contribution in [1.82, 2.24) is 25.6 Å². The average Bonchev–Trinajstić information content (AvgIpc) is 3.53. The molecule has 8 nitrogen and oxygen atoms in total. The molecule has 0 bridgehead atoms. The fraction of sp³-hybridized carbons (Fsp3) is 0.167. The summed E-state index contributed by atoms with van der Waals surface area (Å²) in [5.74, 6) is 0.251. The van der Waals surface area contributed by atoms with E-state index in [1.54, 1.807) is 35.7 Å². The zero-order valence-electron chi connectivity index (χ0n) is 19.2. The lowest BCUT2D eigenvalue weighted by atomic mass is 10.1. The van der Waals surface area contributed by atoms with Crippen LogP contribution in [0.15, 0.2) is 59.1 Å². The zero-order valence-corrected chi connectivity index (χ0v) is 22.4. The van der Waals surface area contributed by atoms with E-state index in [9.17, 15) is 9.59 Å². The van der Waals surface area contributed by atoms with Crippen LogP contribution in [0, 0.1) is 13.8 Å². The monoisotopic (exact) mass is 561 g/mol. The van der Waals surface area contributed by atoms with Crippen LogP contribution in [0.2, 0.25) is 10.0 Å². The first kappa shape index (κ1) is 26.0. The summed E-state index contributed by atoms with van der Waals surface area (Å²) in [6, 6.07) is 14.5. The maximum absolute atomic E-state index is 12.4. The smallest absolute Gasteiger partial charge is 0.279 e. The van der Waals surface area contributed by atoms with Crippen molar-refractivity contribution in [3.8, 4) is 11.4 Å². The van der Waals surface area contributed by atoms with E-state index in [0.717, 1.165) is 16.8 Å². The number of hydrazine groups is 1. The van der Waals surface area contributed by atoms with Crippen LogP contribution >= 0.6 is 46.3 Å². The Kier molecular flexibility index (Phi) is 8.52. The predicted octanol–water partition coefficient (Wildman–Crippen LogP) is 5.38. The quantitative estimate of drug-likeness (QED) is 0.221. The average molecular weight is 563 g/mol. The number of thiophene rings is 1. The molecule has 2 N–H and O–H groups in total. The second-order valence-corrected chi connectivity index (χ2v) is 10.4. The molecule has 0 atom stereocenters. The molecule has 2 amide bonds. The molecule has 0 unspecified atom stereocenters. The summed E-state index contributed by atoms with van der Waals surface area (Å²) in [6.45, 7) is 4.07. The van der Waals surface area contributed by atoms with Gasteiger partial charge >= 0.3 is 0 Å². The summed E-state index contributed by atoms with van der Waals surface area (Å²) in [5, 5.41) is 11.8. The maximum Gasteiger partial charge on any atom is 0.279 e. The Bertz CT molecular complexity index is 1390. The lowest BCUT2D eigenvalue weighted by Crippen LogP contribution is -2.42. The molecule has 0 saturated heterocycles. The fourth-order valence-corrected chi connectivity index (χ4v) is 5.03. The molecule has 4 rings (SSSR count). The number of rotatable bonds is 8. The fourth-order valence-electron chi connectivity index (χ4n) is 3.19. The number of aryl methyl sites for hydroxylation is 2. The molecule has 2 aromatic heterocycles. The summed E-state index contributed by atoms with van der Waals surface area (Å²) in [7, 11) is 0. The lowest BCUT2D eigenvalue weighted by molar-refractivity contribution is -0.119. The molecular formula is C24H21Cl2N5O3S2.